The van der Waals surface area contributed by atoms with Crippen molar-refractivity contribution < 1.29 is 4.79 Å². The molecule has 6 aromatic heterocycles. The number of rotatable bonds is 8. The number of nitrogens with one attached hydrogen (secondary N) is 2. The Kier molecular flexibility index (Phi) is 6.91. The number of H-pyrrole nitrogens is 2. The van der Waals surface area contributed by atoms with E-state index in [1.54, 1.807) is 0 Å². The van der Waals surface area contributed by atoms with Gasteiger partial charge in [-0.25, -0.2) is 19.9 Å². The van der Waals surface area contributed by atoms with E-state index in [0.29, 0.717) is 44.4 Å². The number of imidazole rings is 2. The number of ketones is 1. The largest absolute Gasteiger partial charge is 0.346 e. The molecule has 6 N–H and O–H groups in total. The van der Waals surface area contributed by atoms with Gasteiger partial charge in [0.15, 0.2) is 0 Å². The second kappa shape index (κ2) is 11.0. The molecule has 0 aliphatic heterocycles. The monoisotopic (exact) mass is 642 g/mol. The fourth-order valence-corrected chi connectivity index (χ4v) is 9.12. The van der Waals surface area contributed by atoms with Gasteiger partial charge in [0.25, 0.3) is 0 Å². The van der Waals surface area contributed by atoms with Crippen molar-refractivity contribution >= 4 is 49.9 Å². The summed E-state index contributed by atoms with van der Waals surface area (Å²) in [5.41, 5.74) is 17.8. The van der Waals surface area contributed by atoms with Crippen LogP contribution in [0.5, 0.6) is 0 Å². The lowest BCUT2D eigenvalue weighted by atomic mass is 9.38. The number of carbonyl (C=O) groups is 1. The van der Waals surface area contributed by atoms with Crippen molar-refractivity contribution in [3.05, 3.63) is 49.6 Å². The van der Waals surface area contributed by atoms with Gasteiger partial charge in [0, 0.05) is 66.5 Å². The van der Waals surface area contributed by atoms with Crippen LogP contribution in [-0.4, -0.2) is 56.9 Å². The molecule has 0 amide bonds. The number of aromatic amines is 2. The maximum absolute atomic E-state index is 12.2. The average Bonchev–Trinajstić information content (AvgIpc) is 3.82. The van der Waals surface area contributed by atoms with E-state index in [9.17, 15) is 4.79 Å². The topological polar surface area (TPSA) is 210 Å². The van der Waals surface area contributed by atoms with Crippen LogP contribution in [0.3, 0.4) is 0 Å². The minimum absolute atomic E-state index is 0.112. The first-order chi connectivity index (χ1) is 23.3. The first-order valence-electron chi connectivity index (χ1n) is 16.6. The van der Waals surface area contributed by atoms with E-state index >= 15 is 0 Å². The first-order valence-corrected chi connectivity index (χ1v) is 16.6. The van der Waals surface area contributed by atoms with E-state index in [-0.39, 0.29) is 22.0 Å². The molecule has 6 heterocycles. The minimum Gasteiger partial charge on any atom is -0.346 e. The molecular formula is C35H38N12O. The third kappa shape index (κ3) is 4.60. The second-order valence-corrected chi connectivity index (χ2v) is 14.5. The Morgan fingerprint density at radius 3 is 1.79 bits per heavy atom. The molecule has 6 aliphatic rings. The fourth-order valence-electron chi connectivity index (χ4n) is 9.12. The molecule has 0 unspecified atom stereocenters. The van der Waals surface area contributed by atoms with Crippen LogP contribution in [0.2, 0.25) is 0 Å². The summed E-state index contributed by atoms with van der Waals surface area (Å²) >= 11 is 0. The van der Waals surface area contributed by atoms with Crippen molar-refractivity contribution in [1.29, 1.82) is 10.5 Å². The van der Waals surface area contributed by atoms with Gasteiger partial charge in [0.05, 0.1) is 53.8 Å². The van der Waals surface area contributed by atoms with Crippen LogP contribution < -0.4 is 11.5 Å². The highest BCUT2D eigenvalue weighted by atomic mass is 16.1. The summed E-state index contributed by atoms with van der Waals surface area (Å²) in [7, 11) is 0. The second-order valence-electron chi connectivity index (χ2n) is 14.5. The van der Waals surface area contributed by atoms with Crippen molar-refractivity contribution in [2.24, 2.45) is 16.9 Å². The summed E-state index contributed by atoms with van der Waals surface area (Å²) in [6, 6.07) is 8.13. The number of carbonyl (C=O) groups excluding carboxylic acids is 1. The number of unbranched alkanes of at least 4 members (excludes halogenated alkanes) is 1. The van der Waals surface area contributed by atoms with E-state index in [4.69, 9.17) is 22.0 Å². The van der Waals surface area contributed by atoms with Gasteiger partial charge >= 0.3 is 0 Å². The lowest BCUT2D eigenvalue weighted by Crippen LogP contribution is -2.76. The molecular weight excluding hydrogens is 604 g/mol. The molecule has 0 aromatic carbocycles. The molecule has 4 bridgehead atoms. The first kappa shape index (κ1) is 30.2. The smallest absolute Gasteiger partial charge is 0.139 e. The average molecular weight is 643 g/mol. The summed E-state index contributed by atoms with van der Waals surface area (Å²) < 4.78 is 4.65. The third-order valence-electron chi connectivity index (χ3n) is 10.9. The van der Waals surface area contributed by atoms with E-state index in [2.05, 4.69) is 57.2 Å². The van der Waals surface area contributed by atoms with E-state index in [1.165, 1.54) is 5.52 Å². The maximum Gasteiger partial charge on any atom is 0.139 e. The fraction of sp³-hybridized carbons (Fsp3) is 0.457. The summed E-state index contributed by atoms with van der Waals surface area (Å²) in [5.74, 6) is 0.316. The third-order valence-corrected chi connectivity index (χ3v) is 10.9. The Bertz CT molecular complexity index is 2230. The molecule has 6 aromatic rings. The van der Waals surface area contributed by atoms with Gasteiger partial charge in [0.1, 0.15) is 28.1 Å². The Morgan fingerprint density at radius 1 is 0.812 bits per heavy atom. The summed E-state index contributed by atoms with van der Waals surface area (Å²) in [6.45, 7) is 0.483. The van der Waals surface area contributed by atoms with Crippen LogP contribution in [0.1, 0.15) is 70.6 Å². The number of nitrogens with zero attached hydrogens (tertiary/aromatic N) is 8. The van der Waals surface area contributed by atoms with Crippen LogP contribution in [0.4, 0.5) is 0 Å². The van der Waals surface area contributed by atoms with Gasteiger partial charge in [-0.1, -0.05) is 0 Å². The highest BCUT2D eigenvalue weighted by Gasteiger charge is 2.69. The molecule has 48 heavy (non-hydrogen) atoms. The number of hydrogen-bond acceptors (Lipinski definition) is 9. The zero-order chi connectivity index (χ0) is 33.1. The molecule has 6 aliphatic carbocycles. The van der Waals surface area contributed by atoms with E-state index in [1.807, 2.05) is 43.5 Å². The lowest BCUT2D eigenvalue weighted by Gasteiger charge is -2.71. The zero-order valence-electron chi connectivity index (χ0n) is 26.7. The van der Waals surface area contributed by atoms with Crippen molar-refractivity contribution in [2.75, 3.05) is 6.54 Å². The Balaban J connectivity index is 0.000000128. The number of nitrogens with two attached hydrogens (primary N) is 2. The normalized spacial score (nSPS) is 27.3. The molecule has 6 fully saturated rings. The molecule has 0 saturated heterocycles. The van der Waals surface area contributed by atoms with Crippen LogP contribution in [-0.2, 0) is 15.9 Å². The van der Waals surface area contributed by atoms with Crippen molar-refractivity contribution in [1.82, 2.24) is 39.0 Å². The van der Waals surface area contributed by atoms with E-state index in [0.717, 1.165) is 77.1 Å². The van der Waals surface area contributed by atoms with Crippen LogP contribution >= 0.6 is 0 Å². The molecule has 0 radical (unpaired) electrons. The van der Waals surface area contributed by atoms with Crippen LogP contribution in [0, 0.1) is 28.1 Å². The maximum atomic E-state index is 12.2. The van der Waals surface area contributed by atoms with Gasteiger partial charge < -0.3 is 30.6 Å². The number of Topliss-reactive ketones (excluding diaryl/α,β-unsaturated/α-hetero) is 1. The Morgan fingerprint density at radius 2 is 1.33 bits per heavy atom. The minimum atomic E-state index is 0.112. The van der Waals surface area contributed by atoms with Gasteiger partial charge in [-0.15, -0.1) is 0 Å². The number of hydrogen-bond donors (Lipinski definition) is 4. The zero-order valence-corrected chi connectivity index (χ0v) is 26.7. The van der Waals surface area contributed by atoms with Crippen molar-refractivity contribution in [3.63, 3.8) is 0 Å². The van der Waals surface area contributed by atoms with Crippen molar-refractivity contribution in [3.8, 4) is 12.1 Å². The Labute approximate surface area is 276 Å². The number of aromatic nitrogens is 8. The standard InChI is InChI=1S/C19H19N5O.C13H13N5.C3H6N2/c20-5-2-1-3-13(25)7-18-9-19(10-18,11-18)24-12-23-15-8-22-17-14(16(15)24)4-6-21-17;14-12-4-13(5-12,6-12)18-7-17-9-3-16-11-8(10(9)18)1-2-15-11;4-2-1-3-5/h4,6,8,12H,1-3,7,9-11H2,(H,21,22);1-3,7H,4-6,14H2,(H,15,16);1-2,4H2. The van der Waals surface area contributed by atoms with E-state index < -0.39 is 0 Å². The van der Waals surface area contributed by atoms with Gasteiger partial charge in [-0.3, -0.25) is 4.79 Å². The van der Waals surface area contributed by atoms with Crippen LogP contribution in [0.15, 0.2) is 49.6 Å². The number of pyridine rings is 2. The number of nitriles is 2. The predicted octanol–water partition coefficient (Wildman–Crippen LogP) is 4.81. The highest BCUT2D eigenvalue weighted by Crippen LogP contribution is 2.73. The van der Waals surface area contributed by atoms with Crippen molar-refractivity contribution in [2.45, 2.75) is 87.2 Å². The number of fused-ring (bicyclic) bond motifs is 6. The summed E-state index contributed by atoms with van der Waals surface area (Å²) in [4.78, 5) is 36.3. The van der Waals surface area contributed by atoms with Crippen LogP contribution in [0.25, 0.3) is 44.1 Å². The SMILES string of the molecule is N#CCCCC(=O)CC12CC(n3cnc4cnc5[nH]ccc5c43)(C1)C2.N#CCCN.NC12CC(n3cnc4cnc5[nH]ccc5c43)(C1)C2. The van der Waals surface area contributed by atoms with Gasteiger partial charge in [-0.2, -0.15) is 10.5 Å². The van der Waals surface area contributed by atoms with Gasteiger partial charge in [-0.05, 0) is 62.5 Å². The highest BCUT2D eigenvalue weighted by molar-refractivity contribution is 6.02. The summed E-state index contributed by atoms with van der Waals surface area (Å²) in [5, 5.41) is 18.6. The molecule has 0 spiro atoms. The molecule has 0 atom stereocenters. The quantitative estimate of drug-likeness (QED) is 0.168. The summed E-state index contributed by atoms with van der Waals surface area (Å²) in [6.07, 6.45) is 20.7. The molecule has 244 valence electrons. The predicted molar refractivity (Wildman–Crippen MR) is 180 cm³/mol. The lowest BCUT2D eigenvalue weighted by molar-refractivity contribution is -0.190. The van der Waals surface area contributed by atoms with Gasteiger partial charge in [0.2, 0.25) is 0 Å². The molecule has 12 rings (SSSR count). The molecule has 6 saturated carbocycles. The molecule has 13 nitrogen and oxygen atoms in total. The molecule has 13 heteroatoms. The Hall–Kier alpha value is -5.11.